The lowest BCUT2D eigenvalue weighted by Gasteiger charge is -2.24. The van der Waals surface area contributed by atoms with Crippen molar-refractivity contribution in [3.05, 3.63) is 29.3 Å². The fourth-order valence-electron chi connectivity index (χ4n) is 1.75. The summed E-state index contributed by atoms with van der Waals surface area (Å²) in [6.45, 7) is 11.8. The van der Waals surface area contributed by atoms with E-state index in [1.165, 1.54) is 17.5 Å². The molecule has 0 heterocycles. The van der Waals surface area contributed by atoms with Crippen LogP contribution in [0.1, 0.15) is 51.7 Å². The van der Waals surface area contributed by atoms with Gasteiger partial charge in [-0.3, -0.25) is 0 Å². The largest absolute Gasteiger partial charge is 0.493 e. The van der Waals surface area contributed by atoms with Gasteiger partial charge in [0.25, 0.3) is 0 Å². The third kappa shape index (κ3) is 3.26. The van der Waals surface area contributed by atoms with E-state index in [4.69, 9.17) is 4.74 Å². The Bertz CT molecular complexity index is 334. The summed E-state index contributed by atoms with van der Waals surface area (Å²) in [5.74, 6) is 1.09. The van der Waals surface area contributed by atoms with Gasteiger partial charge >= 0.3 is 0 Å². The molecule has 0 aliphatic carbocycles. The number of ether oxygens (including phenoxy) is 1. The lowest BCUT2D eigenvalue weighted by atomic mass is 9.85. The molecule has 0 radical (unpaired) electrons. The molecule has 1 rings (SSSR count). The lowest BCUT2D eigenvalue weighted by Crippen LogP contribution is -2.14. The molecule has 0 aliphatic heterocycles. The average molecular weight is 220 g/mol. The molecule has 0 amide bonds. The molecule has 0 aromatic heterocycles. The summed E-state index contributed by atoms with van der Waals surface area (Å²) >= 11 is 0. The average Bonchev–Trinajstić information content (AvgIpc) is 2.19. The maximum Gasteiger partial charge on any atom is 0.125 e. The first kappa shape index (κ1) is 13.1. The molecule has 0 N–H and O–H groups in total. The van der Waals surface area contributed by atoms with E-state index in [9.17, 15) is 0 Å². The SMILES string of the molecule is CCCCOc1c(C)cccc1C(C)(C)C. The topological polar surface area (TPSA) is 9.23 Å². The molecule has 0 atom stereocenters. The minimum atomic E-state index is 0.146. The fraction of sp³-hybridized carbons (Fsp3) is 0.600. The molecule has 0 unspecified atom stereocenters. The van der Waals surface area contributed by atoms with Gasteiger partial charge < -0.3 is 4.74 Å². The lowest BCUT2D eigenvalue weighted by molar-refractivity contribution is 0.299. The summed E-state index contributed by atoms with van der Waals surface area (Å²) in [6.07, 6.45) is 2.30. The van der Waals surface area contributed by atoms with Crippen molar-refractivity contribution in [1.29, 1.82) is 0 Å². The van der Waals surface area contributed by atoms with E-state index in [0.717, 1.165) is 18.8 Å². The van der Waals surface area contributed by atoms with Crippen molar-refractivity contribution < 1.29 is 4.74 Å². The van der Waals surface area contributed by atoms with E-state index >= 15 is 0 Å². The molecule has 1 nitrogen and oxygen atoms in total. The van der Waals surface area contributed by atoms with Crippen molar-refractivity contribution in [2.24, 2.45) is 0 Å². The van der Waals surface area contributed by atoms with Gasteiger partial charge in [-0.2, -0.15) is 0 Å². The molecule has 16 heavy (non-hydrogen) atoms. The van der Waals surface area contributed by atoms with Crippen molar-refractivity contribution in [3.63, 3.8) is 0 Å². The normalized spacial score (nSPS) is 11.6. The van der Waals surface area contributed by atoms with Gasteiger partial charge in [0, 0.05) is 0 Å². The molecule has 0 saturated carbocycles. The highest BCUT2D eigenvalue weighted by molar-refractivity contribution is 5.44. The van der Waals surface area contributed by atoms with E-state index in [-0.39, 0.29) is 5.41 Å². The second-order valence-corrected chi connectivity index (χ2v) is 5.40. The van der Waals surface area contributed by atoms with Crippen LogP contribution in [0.4, 0.5) is 0 Å². The number of unbranched alkanes of at least 4 members (excludes halogenated alkanes) is 1. The Hall–Kier alpha value is -0.980. The van der Waals surface area contributed by atoms with Crippen LogP contribution in [0.15, 0.2) is 18.2 Å². The highest BCUT2D eigenvalue weighted by Gasteiger charge is 2.19. The summed E-state index contributed by atoms with van der Waals surface area (Å²) in [5, 5.41) is 0. The number of hydrogen-bond acceptors (Lipinski definition) is 1. The zero-order valence-corrected chi connectivity index (χ0v) is 11.3. The van der Waals surface area contributed by atoms with E-state index in [0.29, 0.717) is 0 Å². The third-order valence-electron chi connectivity index (χ3n) is 2.76. The van der Waals surface area contributed by atoms with Crippen molar-refractivity contribution in [3.8, 4) is 5.75 Å². The van der Waals surface area contributed by atoms with E-state index < -0.39 is 0 Å². The summed E-state index contributed by atoms with van der Waals surface area (Å²) in [5.41, 5.74) is 2.69. The van der Waals surface area contributed by atoms with Crippen LogP contribution in [-0.4, -0.2) is 6.61 Å². The van der Waals surface area contributed by atoms with Gasteiger partial charge in [0.1, 0.15) is 5.75 Å². The summed E-state index contributed by atoms with van der Waals surface area (Å²) in [4.78, 5) is 0. The van der Waals surface area contributed by atoms with Gasteiger partial charge in [-0.15, -0.1) is 0 Å². The van der Waals surface area contributed by atoms with Gasteiger partial charge in [0.05, 0.1) is 6.61 Å². The third-order valence-corrected chi connectivity index (χ3v) is 2.76. The van der Waals surface area contributed by atoms with Crippen molar-refractivity contribution in [1.82, 2.24) is 0 Å². The van der Waals surface area contributed by atoms with Crippen LogP contribution < -0.4 is 4.74 Å². The molecule has 0 spiro atoms. The van der Waals surface area contributed by atoms with Crippen LogP contribution in [0, 0.1) is 6.92 Å². The fourth-order valence-corrected chi connectivity index (χ4v) is 1.75. The van der Waals surface area contributed by atoms with Crippen molar-refractivity contribution in [2.45, 2.75) is 52.9 Å². The van der Waals surface area contributed by atoms with E-state index in [2.05, 4.69) is 52.8 Å². The molecule has 0 saturated heterocycles. The number of benzene rings is 1. The van der Waals surface area contributed by atoms with Crippen LogP contribution in [0.3, 0.4) is 0 Å². The molecule has 0 bridgehead atoms. The molecular weight excluding hydrogens is 196 g/mol. The molecular formula is C15H24O. The zero-order chi connectivity index (χ0) is 12.2. The maximum absolute atomic E-state index is 5.93. The Labute approximate surface area is 99.8 Å². The number of aryl methyl sites for hydroxylation is 1. The van der Waals surface area contributed by atoms with Crippen LogP contribution in [-0.2, 0) is 5.41 Å². The van der Waals surface area contributed by atoms with E-state index in [1.807, 2.05) is 0 Å². The second-order valence-electron chi connectivity index (χ2n) is 5.40. The Kier molecular flexibility index (Phi) is 4.40. The number of para-hydroxylation sites is 1. The molecule has 90 valence electrons. The zero-order valence-electron chi connectivity index (χ0n) is 11.3. The van der Waals surface area contributed by atoms with Crippen LogP contribution in [0.2, 0.25) is 0 Å². The van der Waals surface area contributed by atoms with Gasteiger partial charge in [0.15, 0.2) is 0 Å². The molecule has 1 aromatic rings. The van der Waals surface area contributed by atoms with Crippen molar-refractivity contribution >= 4 is 0 Å². The van der Waals surface area contributed by atoms with Gasteiger partial charge in [-0.25, -0.2) is 0 Å². The standard InChI is InChI=1S/C15H24O/c1-6-7-11-16-14-12(2)9-8-10-13(14)15(3,4)5/h8-10H,6-7,11H2,1-5H3. The minimum Gasteiger partial charge on any atom is -0.493 e. The quantitative estimate of drug-likeness (QED) is 0.680. The first-order chi connectivity index (χ1) is 7.46. The first-order valence-electron chi connectivity index (χ1n) is 6.19. The van der Waals surface area contributed by atoms with Crippen molar-refractivity contribution in [2.75, 3.05) is 6.61 Å². The summed E-state index contributed by atoms with van der Waals surface area (Å²) in [7, 11) is 0. The van der Waals surface area contributed by atoms with E-state index in [1.54, 1.807) is 0 Å². The molecule has 0 fully saturated rings. The Morgan fingerprint density at radius 2 is 1.88 bits per heavy atom. The molecule has 0 aliphatic rings. The highest BCUT2D eigenvalue weighted by Crippen LogP contribution is 2.33. The van der Waals surface area contributed by atoms with Crippen LogP contribution in [0.25, 0.3) is 0 Å². The Morgan fingerprint density at radius 3 is 2.44 bits per heavy atom. The number of hydrogen-bond donors (Lipinski definition) is 0. The minimum absolute atomic E-state index is 0.146. The second kappa shape index (κ2) is 5.38. The monoisotopic (exact) mass is 220 g/mol. The molecule has 1 heteroatoms. The number of rotatable bonds is 4. The van der Waals surface area contributed by atoms with Crippen LogP contribution in [0.5, 0.6) is 5.75 Å². The Balaban J connectivity index is 2.95. The van der Waals surface area contributed by atoms with Gasteiger partial charge in [-0.1, -0.05) is 52.3 Å². The van der Waals surface area contributed by atoms with Gasteiger partial charge in [-0.05, 0) is 29.9 Å². The Morgan fingerprint density at radius 1 is 1.19 bits per heavy atom. The maximum atomic E-state index is 5.93. The van der Waals surface area contributed by atoms with Gasteiger partial charge in [0.2, 0.25) is 0 Å². The smallest absolute Gasteiger partial charge is 0.125 e. The predicted molar refractivity (Wildman–Crippen MR) is 70.3 cm³/mol. The highest BCUT2D eigenvalue weighted by atomic mass is 16.5. The summed E-state index contributed by atoms with van der Waals surface area (Å²) < 4.78 is 5.93. The van der Waals surface area contributed by atoms with Crippen LogP contribution >= 0.6 is 0 Å². The molecule has 1 aromatic carbocycles. The summed E-state index contributed by atoms with van der Waals surface area (Å²) in [6, 6.07) is 6.41. The first-order valence-corrected chi connectivity index (χ1v) is 6.19. The predicted octanol–water partition coefficient (Wildman–Crippen LogP) is 4.47.